The molecular weight excluding hydrogens is 311 g/mol. The van der Waals surface area contributed by atoms with Gasteiger partial charge < -0.3 is 19.9 Å². The Balaban J connectivity index is 2.32. The quantitative estimate of drug-likeness (QED) is 0.646. The molecule has 0 aromatic heterocycles. The summed E-state index contributed by atoms with van der Waals surface area (Å²) in [5, 5.41) is 30.6. The third kappa shape index (κ3) is 2.81. The SMILES string of the molecule is O=P(c1cccc(O)c1)(c1cccc(O)c1)c1cccc(O)c1. The van der Waals surface area contributed by atoms with Crippen LogP contribution < -0.4 is 15.9 Å². The van der Waals surface area contributed by atoms with Gasteiger partial charge in [-0.2, -0.15) is 0 Å². The van der Waals surface area contributed by atoms with Crippen LogP contribution in [-0.2, 0) is 4.57 Å². The molecule has 23 heavy (non-hydrogen) atoms. The van der Waals surface area contributed by atoms with Crippen molar-refractivity contribution < 1.29 is 19.9 Å². The van der Waals surface area contributed by atoms with Crippen molar-refractivity contribution in [1.82, 2.24) is 0 Å². The molecule has 0 aliphatic heterocycles. The molecule has 0 unspecified atom stereocenters. The summed E-state index contributed by atoms with van der Waals surface area (Å²) in [4.78, 5) is 0. The second-order valence-corrected chi connectivity index (χ2v) is 7.94. The van der Waals surface area contributed by atoms with Gasteiger partial charge in [0.1, 0.15) is 17.2 Å². The fraction of sp³-hybridized carbons (Fsp3) is 0. The molecule has 0 spiro atoms. The number of hydrogen-bond donors (Lipinski definition) is 3. The van der Waals surface area contributed by atoms with Gasteiger partial charge in [0.15, 0.2) is 7.14 Å². The van der Waals surface area contributed by atoms with Gasteiger partial charge >= 0.3 is 0 Å². The van der Waals surface area contributed by atoms with E-state index in [1.807, 2.05) is 0 Å². The van der Waals surface area contributed by atoms with E-state index in [-0.39, 0.29) is 17.2 Å². The first kappa shape index (κ1) is 15.2. The van der Waals surface area contributed by atoms with Gasteiger partial charge in [0.25, 0.3) is 0 Å². The Morgan fingerprint density at radius 1 is 0.565 bits per heavy atom. The van der Waals surface area contributed by atoms with E-state index in [4.69, 9.17) is 0 Å². The molecule has 0 atom stereocenters. The fourth-order valence-corrected chi connectivity index (χ4v) is 5.24. The summed E-state index contributed by atoms with van der Waals surface area (Å²) >= 11 is 0. The number of phenolic OH excluding ortho intramolecular Hbond substituents is 3. The van der Waals surface area contributed by atoms with Crippen LogP contribution in [0.1, 0.15) is 0 Å². The van der Waals surface area contributed by atoms with Crippen molar-refractivity contribution in [2.24, 2.45) is 0 Å². The highest BCUT2D eigenvalue weighted by molar-refractivity contribution is 7.85. The van der Waals surface area contributed by atoms with Crippen molar-refractivity contribution in [2.75, 3.05) is 0 Å². The monoisotopic (exact) mass is 326 g/mol. The Kier molecular flexibility index (Phi) is 3.85. The van der Waals surface area contributed by atoms with E-state index in [1.54, 1.807) is 36.4 Å². The average Bonchev–Trinajstić information content (AvgIpc) is 2.54. The largest absolute Gasteiger partial charge is 0.508 e. The Labute approximate surface area is 133 Å². The Hall–Kier alpha value is -2.71. The highest BCUT2D eigenvalue weighted by Crippen LogP contribution is 2.44. The van der Waals surface area contributed by atoms with Crippen molar-refractivity contribution >= 4 is 23.1 Å². The van der Waals surface area contributed by atoms with Crippen LogP contribution in [0.15, 0.2) is 72.8 Å². The van der Waals surface area contributed by atoms with E-state index in [0.29, 0.717) is 15.9 Å². The van der Waals surface area contributed by atoms with E-state index >= 15 is 0 Å². The van der Waals surface area contributed by atoms with Gasteiger partial charge in [0, 0.05) is 15.9 Å². The van der Waals surface area contributed by atoms with Gasteiger partial charge in [-0.25, -0.2) is 0 Å². The van der Waals surface area contributed by atoms with Crippen LogP contribution in [-0.4, -0.2) is 15.3 Å². The number of hydrogen-bond acceptors (Lipinski definition) is 4. The Morgan fingerprint density at radius 2 is 0.870 bits per heavy atom. The summed E-state index contributed by atoms with van der Waals surface area (Å²) in [5.74, 6) is 0.00842. The summed E-state index contributed by atoms with van der Waals surface area (Å²) in [6, 6.07) is 18.6. The number of aromatic hydroxyl groups is 3. The molecule has 5 heteroatoms. The molecule has 0 aliphatic rings. The summed E-state index contributed by atoms with van der Waals surface area (Å²) in [6.45, 7) is 0. The molecule has 0 bridgehead atoms. The van der Waals surface area contributed by atoms with Gasteiger partial charge in [-0.05, 0) is 36.4 Å². The minimum absolute atomic E-state index is 0.00281. The highest BCUT2D eigenvalue weighted by Gasteiger charge is 2.30. The zero-order chi connectivity index (χ0) is 16.4. The van der Waals surface area contributed by atoms with Crippen molar-refractivity contribution in [1.29, 1.82) is 0 Å². The molecule has 0 saturated heterocycles. The lowest BCUT2D eigenvalue weighted by Crippen LogP contribution is -2.24. The van der Waals surface area contributed by atoms with Crippen LogP contribution in [0.25, 0.3) is 0 Å². The van der Waals surface area contributed by atoms with Gasteiger partial charge in [-0.3, -0.25) is 0 Å². The lowest BCUT2D eigenvalue weighted by molar-refractivity contribution is 0.475. The lowest BCUT2D eigenvalue weighted by Gasteiger charge is -2.20. The molecule has 116 valence electrons. The predicted molar refractivity (Wildman–Crippen MR) is 90.8 cm³/mol. The summed E-state index contributed by atoms with van der Waals surface area (Å²) < 4.78 is 13.9. The molecule has 0 aliphatic carbocycles. The van der Waals surface area contributed by atoms with Gasteiger partial charge in [0.2, 0.25) is 0 Å². The molecule has 4 nitrogen and oxygen atoms in total. The first-order valence-electron chi connectivity index (χ1n) is 6.99. The topological polar surface area (TPSA) is 77.8 Å². The molecule has 3 aromatic rings. The third-order valence-electron chi connectivity index (χ3n) is 3.58. The van der Waals surface area contributed by atoms with E-state index in [9.17, 15) is 19.9 Å². The number of phenols is 3. The molecule has 3 aromatic carbocycles. The number of rotatable bonds is 3. The molecule has 0 amide bonds. The summed E-state index contributed by atoms with van der Waals surface area (Å²) in [7, 11) is -3.34. The number of benzene rings is 3. The van der Waals surface area contributed by atoms with Gasteiger partial charge in [-0.1, -0.05) is 36.4 Å². The zero-order valence-electron chi connectivity index (χ0n) is 12.1. The van der Waals surface area contributed by atoms with Crippen LogP contribution in [0, 0.1) is 0 Å². The lowest BCUT2D eigenvalue weighted by atomic mass is 10.3. The van der Waals surface area contributed by atoms with Crippen molar-refractivity contribution in [3.8, 4) is 17.2 Å². The maximum atomic E-state index is 13.9. The second-order valence-electron chi connectivity index (χ2n) is 5.17. The molecular formula is C18H15O4P. The predicted octanol–water partition coefficient (Wildman–Crippen LogP) is 2.44. The van der Waals surface area contributed by atoms with E-state index in [2.05, 4.69) is 0 Å². The summed E-state index contributed by atoms with van der Waals surface area (Å²) in [6.07, 6.45) is 0. The minimum atomic E-state index is -3.34. The van der Waals surface area contributed by atoms with E-state index < -0.39 is 7.14 Å². The van der Waals surface area contributed by atoms with Crippen LogP contribution >= 0.6 is 7.14 Å². The van der Waals surface area contributed by atoms with Gasteiger partial charge in [0.05, 0.1) is 0 Å². The zero-order valence-corrected chi connectivity index (χ0v) is 13.0. The average molecular weight is 326 g/mol. The highest BCUT2D eigenvalue weighted by atomic mass is 31.2. The smallest absolute Gasteiger partial charge is 0.171 e. The van der Waals surface area contributed by atoms with Gasteiger partial charge in [-0.15, -0.1) is 0 Å². The second kappa shape index (κ2) is 5.82. The first-order valence-corrected chi connectivity index (χ1v) is 8.70. The normalized spacial score (nSPS) is 11.3. The minimum Gasteiger partial charge on any atom is -0.508 e. The Bertz CT molecular complexity index is 787. The third-order valence-corrected chi connectivity index (χ3v) is 6.60. The van der Waals surface area contributed by atoms with E-state index in [0.717, 1.165) is 0 Å². The molecule has 0 heterocycles. The maximum Gasteiger partial charge on any atom is 0.171 e. The van der Waals surface area contributed by atoms with Crippen LogP contribution in [0.2, 0.25) is 0 Å². The standard InChI is InChI=1S/C18H15O4P/c19-13-4-1-7-16(10-13)23(22,17-8-2-5-14(20)11-17)18-9-3-6-15(21)12-18/h1-12,19-21H. The van der Waals surface area contributed by atoms with Crippen molar-refractivity contribution in [3.63, 3.8) is 0 Å². The first-order chi connectivity index (χ1) is 11.0. The molecule has 3 N–H and O–H groups in total. The summed E-state index contributed by atoms with van der Waals surface area (Å²) in [5.41, 5.74) is 0. The Morgan fingerprint density at radius 3 is 1.13 bits per heavy atom. The van der Waals surface area contributed by atoms with Crippen LogP contribution in [0.5, 0.6) is 17.2 Å². The maximum absolute atomic E-state index is 13.9. The fourth-order valence-electron chi connectivity index (χ4n) is 2.51. The van der Waals surface area contributed by atoms with E-state index in [1.165, 1.54) is 36.4 Å². The molecule has 0 saturated carbocycles. The molecule has 0 radical (unpaired) electrons. The van der Waals surface area contributed by atoms with Crippen LogP contribution in [0.3, 0.4) is 0 Å². The van der Waals surface area contributed by atoms with Crippen molar-refractivity contribution in [3.05, 3.63) is 72.8 Å². The molecule has 0 fully saturated rings. The van der Waals surface area contributed by atoms with Crippen molar-refractivity contribution in [2.45, 2.75) is 0 Å². The molecule has 3 rings (SSSR count). The van der Waals surface area contributed by atoms with Crippen LogP contribution in [0.4, 0.5) is 0 Å².